The minimum atomic E-state index is -0.407. The van der Waals surface area contributed by atoms with Crippen molar-refractivity contribution < 1.29 is 4.79 Å². The van der Waals surface area contributed by atoms with Gasteiger partial charge in [-0.1, -0.05) is 41.0 Å². The summed E-state index contributed by atoms with van der Waals surface area (Å²) in [5.74, 6) is 0.366. The minimum Gasteiger partial charge on any atom is -0.305 e. The topological polar surface area (TPSA) is 41.5 Å². The Morgan fingerprint density at radius 1 is 1.44 bits per heavy atom. The summed E-state index contributed by atoms with van der Waals surface area (Å²) in [6.07, 6.45) is 0. The number of nitrogens with one attached hydrogen (secondary N) is 1. The van der Waals surface area contributed by atoms with E-state index in [-0.39, 0.29) is 5.91 Å². The lowest BCUT2D eigenvalue weighted by Crippen LogP contribution is -2.31. The van der Waals surface area contributed by atoms with Crippen LogP contribution < -0.4 is 5.32 Å². The first kappa shape index (κ1) is 13.7. The highest BCUT2D eigenvalue weighted by Crippen LogP contribution is 2.31. The maximum absolute atomic E-state index is 12.1. The van der Waals surface area contributed by atoms with Gasteiger partial charge in [0.05, 0.1) is 12.5 Å². The Labute approximate surface area is 120 Å². The molecule has 6 heteroatoms. The molecule has 0 saturated heterocycles. The molecular formula is C12H12Cl2N2OS. The third-order valence-corrected chi connectivity index (χ3v) is 4.19. The first-order chi connectivity index (χ1) is 8.59. The summed E-state index contributed by atoms with van der Waals surface area (Å²) in [6, 6.07) is 5.22. The summed E-state index contributed by atoms with van der Waals surface area (Å²) in [5.41, 5.74) is 0.655. The van der Waals surface area contributed by atoms with Gasteiger partial charge in [0, 0.05) is 21.4 Å². The van der Waals surface area contributed by atoms with Crippen molar-refractivity contribution in [2.24, 2.45) is 4.99 Å². The predicted molar refractivity (Wildman–Crippen MR) is 77.8 cm³/mol. The predicted octanol–water partition coefficient (Wildman–Crippen LogP) is 3.32. The standard InChI is InChI=1S/C12H12Cl2N2OS/c1-7(10-8(13)3-2-4-9(10)14)11(17)16-12-15-5-6-18-12/h2-4,7H,5-6H2,1H3,(H,15,16,17). The molecule has 0 fully saturated rings. The van der Waals surface area contributed by atoms with E-state index in [9.17, 15) is 4.79 Å². The Morgan fingerprint density at radius 2 is 2.11 bits per heavy atom. The van der Waals surface area contributed by atoms with Crippen LogP contribution in [0.1, 0.15) is 18.4 Å². The molecule has 1 N–H and O–H groups in total. The molecule has 0 spiro atoms. The van der Waals surface area contributed by atoms with Gasteiger partial charge in [-0.3, -0.25) is 9.79 Å². The molecule has 1 atom stereocenters. The van der Waals surface area contributed by atoms with Crippen molar-refractivity contribution in [2.45, 2.75) is 12.8 Å². The molecule has 3 nitrogen and oxygen atoms in total. The van der Waals surface area contributed by atoms with Gasteiger partial charge in [-0.15, -0.1) is 0 Å². The fourth-order valence-electron chi connectivity index (χ4n) is 1.68. The Bertz CT molecular complexity index is 485. The normalized spacial score (nSPS) is 16.3. The van der Waals surface area contributed by atoms with Gasteiger partial charge in [-0.25, -0.2) is 0 Å². The van der Waals surface area contributed by atoms with E-state index in [0.717, 1.165) is 12.3 Å². The average Bonchev–Trinajstić information content (AvgIpc) is 2.81. The first-order valence-corrected chi connectivity index (χ1v) is 7.25. The minimum absolute atomic E-state index is 0.141. The molecule has 1 aliphatic heterocycles. The SMILES string of the molecule is CC(C(=O)NC1=NCCS1)c1c(Cl)cccc1Cl. The van der Waals surface area contributed by atoms with E-state index < -0.39 is 5.92 Å². The molecule has 2 rings (SSSR count). The van der Waals surface area contributed by atoms with Crippen LogP contribution in [0.3, 0.4) is 0 Å². The van der Waals surface area contributed by atoms with E-state index in [2.05, 4.69) is 10.3 Å². The average molecular weight is 303 g/mol. The zero-order valence-electron chi connectivity index (χ0n) is 9.74. The van der Waals surface area contributed by atoms with Gasteiger partial charge in [0.1, 0.15) is 0 Å². The summed E-state index contributed by atoms with van der Waals surface area (Å²) in [5, 5.41) is 4.48. The molecule has 0 saturated carbocycles. The summed E-state index contributed by atoms with van der Waals surface area (Å²) < 4.78 is 0. The number of thioether (sulfide) groups is 1. The van der Waals surface area contributed by atoms with Gasteiger partial charge in [0.25, 0.3) is 0 Å². The zero-order chi connectivity index (χ0) is 13.1. The monoisotopic (exact) mass is 302 g/mol. The molecule has 1 aliphatic rings. The van der Waals surface area contributed by atoms with E-state index in [1.165, 1.54) is 0 Å². The van der Waals surface area contributed by atoms with Gasteiger partial charge in [-0.05, 0) is 19.1 Å². The molecular weight excluding hydrogens is 291 g/mol. The highest BCUT2D eigenvalue weighted by atomic mass is 35.5. The lowest BCUT2D eigenvalue weighted by molar-refractivity contribution is -0.120. The van der Waals surface area contributed by atoms with E-state index in [1.54, 1.807) is 36.9 Å². The summed E-state index contributed by atoms with van der Waals surface area (Å²) in [4.78, 5) is 16.3. The lowest BCUT2D eigenvalue weighted by atomic mass is 10.0. The highest BCUT2D eigenvalue weighted by molar-refractivity contribution is 8.14. The molecule has 1 heterocycles. The third kappa shape index (κ3) is 2.99. The van der Waals surface area contributed by atoms with Crippen LogP contribution in [0.25, 0.3) is 0 Å². The molecule has 1 unspecified atom stereocenters. The molecule has 0 bridgehead atoms. The number of hydrogen-bond acceptors (Lipinski definition) is 3. The molecule has 1 aromatic carbocycles. The number of halogens is 2. The van der Waals surface area contributed by atoms with Crippen LogP contribution >= 0.6 is 35.0 Å². The number of aliphatic imine (C=N–C) groups is 1. The number of benzene rings is 1. The molecule has 0 aliphatic carbocycles. The quantitative estimate of drug-likeness (QED) is 0.910. The van der Waals surface area contributed by atoms with E-state index in [0.29, 0.717) is 20.8 Å². The number of amidine groups is 1. The largest absolute Gasteiger partial charge is 0.305 e. The van der Waals surface area contributed by atoms with Gasteiger partial charge in [-0.2, -0.15) is 0 Å². The second-order valence-corrected chi connectivity index (χ2v) is 5.78. The van der Waals surface area contributed by atoms with Crippen LogP contribution in [-0.2, 0) is 4.79 Å². The molecule has 0 radical (unpaired) electrons. The third-order valence-electron chi connectivity index (χ3n) is 2.64. The Hall–Kier alpha value is -0.710. The maximum Gasteiger partial charge on any atom is 0.233 e. The number of carbonyl (C=O) groups is 1. The number of carbonyl (C=O) groups excluding carboxylic acids is 1. The van der Waals surface area contributed by atoms with Crippen molar-refractivity contribution in [3.05, 3.63) is 33.8 Å². The maximum atomic E-state index is 12.1. The summed E-state index contributed by atoms with van der Waals surface area (Å²) >= 11 is 13.7. The Morgan fingerprint density at radius 3 is 2.67 bits per heavy atom. The zero-order valence-corrected chi connectivity index (χ0v) is 12.1. The fourth-order valence-corrected chi connectivity index (χ4v) is 3.14. The van der Waals surface area contributed by atoms with E-state index >= 15 is 0 Å². The van der Waals surface area contributed by atoms with Gasteiger partial charge >= 0.3 is 0 Å². The molecule has 1 amide bonds. The Balaban J connectivity index is 2.15. The number of hydrogen-bond donors (Lipinski definition) is 1. The van der Waals surface area contributed by atoms with Crippen LogP contribution in [0.5, 0.6) is 0 Å². The summed E-state index contributed by atoms with van der Waals surface area (Å²) in [6.45, 7) is 2.53. The van der Waals surface area contributed by atoms with Crippen LogP contribution in [0.15, 0.2) is 23.2 Å². The van der Waals surface area contributed by atoms with Crippen molar-refractivity contribution in [1.82, 2.24) is 5.32 Å². The number of nitrogens with zero attached hydrogens (tertiary/aromatic N) is 1. The van der Waals surface area contributed by atoms with Crippen molar-refractivity contribution in [3.8, 4) is 0 Å². The van der Waals surface area contributed by atoms with Gasteiger partial charge in [0.15, 0.2) is 5.17 Å². The van der Waals surface area contributed by atoms with Crippen LogP contribution in [0, 0.1) is 0 Å². The lowest BCUT2D eigenvalue weighted by Gasteiger charge is -2.15. The number of amides is 1. The first-order valence-electron chi connectivity index (χ1n) is 5.51. The summed E-state index contributed by atoms with van der Waals surface area (Å²) in [7, 11) is 0. The highest BCUT2D eigenvalue weighted by Gasteiger charge is 2.22. The van der Waals surface area contributed by atoms with E-state index in [1.807, 2.05) is 0 Å². The van der Waals surface area contributed by atoms with Crippen LogP contribution in [0.2, 0.25) is 10.0 Å². The fraction of sp³-hybridized carbons (Fsp3) is 0.333. The Kier molecular flexibility index (Phi) is 4.54. The van der Waals surface area contributed by atoms with Crippen molar-refractivity contribution >= 4 is 46.0 Å². The smallest absolute Gasteiger partial charge is 0.233 e. The van der Waals surface area contributed by atoms with Crippen molar-refractivity contribution in [3.63, 3.8) is 0 Å². The second kappa shape index (κ2) is 5.95. The van der Waals surface area contributed by atoms with Crippen LogP contribution in [-0.4, -0.2) is 23.4 Å². The van der Waals surface area contributed by atoms with E-state index in [4.69, 9.17) is 23.2 Å². The van der Waals surface area contributed by atoms with Crippen LogP contribution in [0.4, 0.5) is 0 Å². The molecule has 96 valence electrons. The van der Waals surface area contributed by atoms with Gasteiger partial charge in [0.2, 0.25) is 5.91 Å². The molecule has 18 heavy (non-hydrogen) atoms. The second-order valence-electron chi connectivity index (χ2n) is 3.88. The van der Waals surface area contributed by atoms with Crippen molar-refractivity contribution in [2.75, 3.05) is 12.3 Å². The molecule has 0 aromatic heterocycles. The molecule has 1 aromatic rings. The van der Waals surface area contributed by atoms with Gasteiger partial charge < -0.3 is 5.32 Å². The van der Waals surface area contributed by atoms with Crippen molar-refractivity contribution in [1.29, 1.82) is 0 Å². The number of rotatable bonds is 2.